The Kier molecular flexibility index (Phi) is 6.36. The molecule has 1 unspecified atom stereocenters. The first-order valence-electron chi connectivity index (χ1n) is 6.58. The van der Waals surface area contributed by atoms with E-state index in [1.807, 2.05) is 26.0 Å². The van der Waals surface area contributed by atoms with Gasteiger partial charge in [-0.15, -0.1) is 0 Å². The zero-order valence-electron chi connectivity index (χ0n) is 12.1. The minimum Gasteiger partial charge on any atom is -0.490 e. The minimum atomic E-state index is -0.706. The third-order valence-corrected chi connectivity index (χ3v) is 2.56. The van der Waals surface area contributed by atoms with Crippen LogP contribution in [0.1, 0.15) is 32.8 Å². The Hall–Kier alpha value is -2.24. The first-order valence-corrected chi connectivity index (χ1v) is 6.58. The number of benzene rings is 1. The SMILES string of the molecule is CCOc1cc(C=NNC(N)=O)ccc1OC(C)CC. The molecule has 3 N–H and O–H groups in total. The molecule has 0 aromatic heterocycles. The van der Waals surface area contributed by atoms with Crippen LogP contribution < -0.4 is 20.6 Å². The number of hydrazone groups is 1. The van der Waals surface area contributed by atoms with Gasteiger partial charge in [-0.05, 0) is 44.0 Å². The molecule has 0 aliphatic carbocycles. The molecule has 1 aromatic carbocycles. The molecule has 0 bridgehead atoms. The summed E-state index contributed by atoms with van der Waals surface area (Å²) in [5.41, 5.74) is 7.83. The second kappa shape index (κ2) is 8.04. The standard InChI is InChI=1S/C14H21N3O3/c1-4-10(3)20-12-7-6-11(8-13(12)19-5-2)9-16-17-14(15)18/h6-10H,4-5H2,1-3H3,(H3,15,17,18). The minimum absolute atomic E-state index is 0.116. The average molecular weight is 279 g/mol. The van der Waals surface area contributed by atoms with Gasteiger partial charge in [0.25, 0.3) is 0 Å². The normalized spacial score (nSPS) is 12.2. The topological polar surface area (TPSA) is 85.9 Å². The quantitative estimate of drug-likeness (QED) is 0.593. The van der Waals surface area contributed by atoms with E-state index in [2.05, 4.69) is 17.5 Å². The summed E-state index contributed by atoms with van der Waals surface area (Å²) >= 11 is 0. The monoisotopic (exact) mass is 279 g/mol. The fourth-order valence-corrected chi connectivity index (χ4v) is 1.44. The number of carbonyl (C=O) groups is 1. The summed E-state index contributed by atoms with van der Waals surface area (Å²) < 4.78 is 11.3. The van der Waals surface area contributed by atoms with Crippen LogP contribution in [0.2, 0.25) is 0 Å². The van der Waals surface area contributed by atoms with Crippen LogP contribution >= 0.6 is 0 Å². The molecular weight excluding hydrogens is 258 g/mol. The number of nitrogens with zero attached hydrogens (tertiary/aromatic N) is 1. The molecule has 6 nitrogen and oxygen atoms in total. The Morgan fingerprint density at radius 3 is 2.80 bits per heavy atom. The van der Waals surface area contributed by atoms with Gasteiger partial charge >= 0.3 is 6.03 Å². The third kappa shape index (κ3) is 5.17. The molecule has 0 fully saturated rings. The van der Waals surface area contributed by atoms with Crippen LogP contribution in [0.25, 0.3) is 0 Å². The lowest BCUT2D eigenvalue weighted by Crippen LogP contribution is -2.24. The Morgan fingerprint density at radius 2 is 2.20 bits per heavy atom. The second-order valence-corrected chi connectivity index (χ2v) is 4.21. The van der Waals surface area contributed by atoms with E-state index in [4.69, 9.17) is 15.2 Å². The smallest absolute Gasteiger partial charge is 0.332 e. The highest BCUT2D eigenvalue weighted by atomic mass is 16.5. The summed E-state index contributed by atoms with van der Waals surface area (Å²) in [5, 5.41) is 3.70. The lowest BCUT2D eigenvalue weighted by atomic mass is 10.2. The number of hydrogen-bond acceptors (Lipinski definition) is 4. The summed E-state index contributed by atoms with van der Waals surface area (Å²) in [6, 6.07) is 4.74. The molecule has 110 valence electrons. The molecule has 1 aromatic rings. The van der Waals surface area contributed by atoms with Gasteiger partial charge in [0.2, 0.25) is 0 Å². The third-order valence-electron chi connectivity index (χ3n) is 2.56. The van der Waals surface area contributed by atoms with Crippen molar-refractivity contribution in [2.45, 2.75) is 33.3 Å². The van der Waals surface area contributed by atoms with Crippen molar-refractivity contribution in [2.75, 3.05) is 6.61 Å². The van der Waals surface area contributed by atoms with Gasteiger partial charge < -0.3 is 15.2 Å². The zero-order chi connectivity index (χ0) is 15.0. The van der Waals surface area contributed by atoms with Crippen molar-refractivity contribution < 1.29 is 14.3 Å². The highest BCUT2D eigenvalue weighted by Crippen LogP contribution is 2.29. The fraction of sp³-hybridized carbons (Fsp3) is 0.429. The van der Waals surface area contributed by atoms with Gasteiger partial charge in [0.15, 0.2) is 11.5 Å². The number of nitrogens with two attached hydrogens (primary N) is 1. The van der Waals surface area contributed by atoms with Crippen molar-refractivity contribution in [2.24, 2.45) is 10.8 Å². The number of rotatable bonds is 7. The largest absolute Gasteiger partial charge is 0.490 e. The lowest BCUT2D eigenvalue weighted by Gasteiger charge is -2.16. The van der Waals surface area contributed by atoms with E-state index in [0.29, 0.717) is 18.1 Å². The molecule has 0 radical (unpaired) electrons. The summed E-state index contributed by atoms with van der Waals surface area (Å²) in [5.74, 6) is 1.34. The Balaban J connectivity index is 2.88. The molecule has 0 aliphatic heterocycles. The van der Waals surface area contributed by atoms with Gasteiger partial charge in [0, 0.05) is 0 Å². The van der Waals surface area contributed by atoms with Gasteiger partial charge in [-0.25, -0.2) is 10.2 Å². The van der Waals surface area contributed by atoms with Gasteiger partial charge in [-0.2, -0.15) is 5.10 Å². The van der Waals surface area contributed by atoms with Crippen LogP contribution in [-0.4, -0.2) is 25.0 Å². The Labute approximate surface area is 118 Å². The predicted molar refractivity (Wildman–Crippen MR) is 78.3 cm³/mol. The molecule has 0 saturated carbocycles. The van der Waals surface area contributed by atoms with Gasteiger partial charge in [0.05, 0.1) is 18.9 Å². The van der Waals surface area contributed by atoms with E-state index in [-0.39, 0.29) is 6.10 Å². The number of nitrogens with one attached hydrogen (secondary N) is 1. The van der Waals surface area contributed by atoms with Crippen molar-refractivity contribution in [3.8, 4) is 11.5 Å². The molecule has 0 saturated heterocycles. The number of carbonyl (C=O) groups excluding carboxylic acids is 1. The van der Waals surface area contributed by atoms with E-state index in [1.165, 1.54) is 6.21 Å². The maximum atomic E-state index is 10.5. The molecule has 0 spiro atoms. The van der Waals surface area contributed by atoms with E-state index >= 15 is 0 Å². The van der Waals surface area contributed by atoms with Crippen molar-refractivity contribution in [3.05, 3.63) is 23.8 Å². The number of amides is 2. The van der Waals surface area contributed by atoms with Crippen LogP contribution in [-0.2, 0) is 0 Å². The number of hydrogen-bond donors (Lipinski definition) is 2. The molecule has 6 heteroatoms. The van der Waals surface area contributed by atoms with Crippen molar-refractivity contribution in [3.63, 3.8) is 0 Å². The van der Waals surface area contributed by atoms with Gasteiger partial charge in [-0.1, -0.05) is 6.92 Å². The van der Waals surface area contributed by atoms with Crippen molar-refractivity contribution in [1.29, 1.82) is 0 Å². The van der Waals surface area contributed by atoms with Crippen LogP contribution in [0.15, 0.2) is 23.3 Å². The molecule has 0 aliphatic rings. The van der Waals surface area contributed by atoms with E-state index < -0.39 is 6.03 Å². The maximum Gasteiger partial charge on any atom is 0.332 e. The predicted octanol–water partition coefficient (Wildman–Crippen LogP) is 2.26. The molecule has 1 atom stereocenters. The van der Waals surface area contributed by atoms with Crippen LogP contribution in [0, 0.1) is 0 Å². The molecule has 2 amide bonds. The summed E-state index contributed by atoms with van der Waals surface area (Å²) in [7, 11) is 0. The van der Waals surface area contributed by atoms with Crippen LogP contribution in [0.5, 0.6) is 11.5 Å². The molecule has 1 rings (SSSR count). The van der Waals surface area contributed by atoms with E-state index in [1.54, 1.807) is 6.07 Å². The van der Waals surface area contributed by atoms with Crippen LogP contribution in [0.3, 0.4) is 0 Å². The number of ether oxygens (including phenoxy) is 2. The first kappa shape index (κ1) is 15.8. The summed E-state index contributed by atoms with van der Waals surface area (Å²) in [6.45, 7) is 6.50. The van der Waals surface area contributed by atoms with Gasteiger partial charge in [-0.3, -0.25) is 0 Å². The summed E-state index contributed by atoms with van der Waals surface area (Å²) in [4.78, 5) is 10.5. The first-order chi connectivity index (χ1) is 9.56. The molecular formula is C14H21N3O3. The van der Waals surface area contributed by atoms with Crippen molar-refractivity contribution >= 4 is 12.2 Å². The van der Waals surface area contributed by atoms with E-state index in [9.17, 15) is 4.79 Å². The van der Waals surface area contributed by atoms with Crippen molar-refractivity contribution in [1.82, 2.24) is 5.43 Å². The number of urea groups is 1. The fourth-order valence-electron chi connectivity index (χ4n) is 1.44. The molecule has 20 heavy (non-hydrogen) atoms. The Bertz CT molecular complexity index is 475. The average Bonchev–Trinajstić information content (AvgIpc) is 2.41. The van der Waals surface area contributed by atoms with Crippen LogP contribution in [0.4, 0.5) is 4.79 Å². The lowest BCUT2D eigenvalue weighted by molar-refractivity contribution is 0.203. The highest BCUT2D eigenvalue weighted by Gasteiger charge is 2.09. The Morgan fingerprint density at radius 1 is 1.45 bits per heavy atom. The number of primary amides is 1. The highest BCUT2D eigenvalue weighted by molar-refractivity contribution is 5.82. The van der Waals surface area contributed by atoms with Gasteiger partial charge in [0.1, 0.15) is 0 Å². The molecule has 0 heterocycles. The second-order valence-electron chi connectivity index (χ2n) is 4.21. The summed E-state index contributed by atoms with van der Waals surface area (Å²) in [6.07, 6.45) is 2.52. The zero-order valence-corrected chi connectivity index (χ0v) is 12.1. The van der Waals surface area contributed by atoms with E-state index in [0.717, 1.165) is 12.0 Å². The maximum absolute atomic E-state index is 10.5.